The standard InChI is InChI=1S/C19H14F3NO4/c20-19(21,22)15-10-9-12(17(26)16-13(24)7-4-8-14(16)25)18(27)23(15)11-5-2-1-3-6-11/h1-3,5-6,9-10,16H,4,7-8H2. The molecular formula is C19H14F3NO4. The number of alkyl halides is 3. The summed E-state index contributed by atoms with van der Waals surface area (Å²) in [6, 6.07) is 8.40. The maximum atomic E-state index is 13.4. The van der Waals surface area contributed by atoms with Crippen molar-refractivity contribution in [3.05, 3.63) is 64.1 Å². The van der Waals surface area contributed by atoms with E-state index in [-0.39, 0.29) is 18.5 Å². The number of carbonyl (C=O) groups is 3. The molecule has 0 bridgehead atoms. The third-order valence-corrected chi connectivity index (χ3v) is 4.41. The molecule has 3 rings (SSSR count). The number of halogens is 3. The maximum Gasteiger partial charge on any atom is 0.431 e. The quantitative estimate of drug-likeness (QED) is 0.609. The lowest BCUT2D eigenvalue weighted by Gasteiger charge is -2.20. The maximum absolute atomic E-state index is 13.4. The average Bonchev–Trinajstić information content (AvgIpc) is 2.61. The third kappa shape index (κ3) is 3.47. The van der Waals surface area contributed by atoms with Crippen LogP contribution >= 0.6 is 0 Å². The fraction of sp³-hybridized carbons (Fsp3) is 0.263. The van der Waals surface area contributed by atoms with Gasteiger partial charge in [-0.05, 0) is 30.7 Å². The summed E-state index contributed by atoms with van der Waals surface area (Å²) in [6.07, 6.45) is -4.47. The molecule has 140 valence electrons. The van der Waals surface area contributed by atoms with Crippen molar-refractivity contribution in [2.75, 3.05) is 0 Å². The monoisotopic (exact) mass is 377 g/mol. The van der Waals surface area contributed by atoms with Gasteiger partial charge in [0.05, 0.1) is 5.56 Å². The number of rotatable bonds is 3. The fourth-order valence-corrected chi connectivity index (χ4v) is 3.13. The van der Waals surface area contributed by atoms with E-state index in [1.165, 1.54) is 24.3 Å². The van der Waals surface area contributed by atoms with Crippen molar-refractivity contribution in [1.82, 2.24) is 4.57 Å². The van der Waals surface area contributed by atoms with Crippen molar-refractivity contribution in [1.29, 1.82) is 0 Å². The first kappa shape index (κ1) is 18.8. The minimum absolute atomic E-state index is 0.0235. The molecule has 0 N–H and O–H groups in total. The molecule has 27 heavy (non-hydrogen) atoms. The molecule has 0 aliphatic heterocycles. The third-order valence-electron chi connectivity index (χ3n) is 4.41. The average molecular weight is 377 g/mol. The Labute approximate surface area is 151 Å². The van der Waals surface area contributed by atoms with Crippen LogP contribution in [0.3, 0.4) is 0 Å². The number of hydrogen-bond donors (Lipinski definition) is 0. The first-order chi connectivity index (χ1) is 12.7. The number of aromatic nitrogens is 1. The Kier molecular flexibility index (Phi) is 4.82. The van der Waals surface area contributed by atoms with Gasteiger partial charge in [0.2, 0.25) is 0 Å². The van der Waals surface area contributed by atoms with Crippen LogP contribution in [0.4, 0.5) is 13.2 Å². The normalized spacial score (nSPS) is 15.8. The van der Waals surface area contributed by atoms with E-state index in [1.807, 2.05) is 0 Å². The Morgan fingerprint density at radius 1 is 0.926 bits per heavy atom. The summed E-state index contributed by atoms with van der Waals surface area (Å²) in [5.41, 5.74) is -3.16. The van der Waals surface area contributed by atoms with Gasteiger partial charge in [-0.1, -0.05) is 18.2 Å². The Bertz CT molecular complexity index is 961. The molecule has 1 heterocycles. The van der Waals surface area contributed by atoms with Gasteiger partial charge in [-0.15, -0.1) is 0 Å². The van der Waals surface area contributed by atoms with Crippen molar-refractivity contribution < 1.29 is 27.6 Å². The lowest BCUT2D eigenvalue weighted by molar-refractivity contribution is -0.143. The molecule has 0 atom stereocenters. The number of benzene rings is 1. The highest BCUT2D eigenvalue weighted by Gasteiger charge is 2.40. The Hall–Kier alpha value is -3.03. The number of pyridine rings is 1. The number of Topliss-reactive ketones (excluding diaryl/α,β-unsaturated/α-hetero) is 3. The highest BCUT2D eigenvalue weighted by molar-refractivity contribution is 6.25. The molecule has 0 spiro atoms. The first-order valence-corrected chi connectivity index (χ1v) is 8.20. The highest BCUT2D eigenvalue weighted by Crippen LogP contribution is 2.30. The van der Waals surface area contributed by atoms with Crippen LogP contribution in [-0.2, 0) is 15.8 Å². The Morgan fingerprint density at radius 2 is 1.52 bits per heavy atom. The van der Waals surface area contributed by atoms with Gasteiger partial charge in [-0.25, -0.2) is 0 Å². The molecule has 1 saturated carbocycles. The van der Waals surface area contributed by atoms with Crippen LogP contribution < -0.4 is 5.56 Å². The van der Waals surface area contributed by atoms with Gasteiger partial charge in [-0.2, -0.15) is 13.2 Å². The summed E-state index contributed by atoms with van der Waals surface area (Å²) in [5, 5.41) is 0. The zero-order chi connectivity index (χ0) is 19.8. The minimum atomic E-state index is -4.84. The van der Waals surface area contributed by atoms with E-state index in [0.29, 0.717) is 17.1 Å². The van der Waals surface area contributed by atoms with E-state index in [2.05, 4.69) is 0 Å². The van der Waals surface area contributed by atoms with Crippen molar-refractivity contribution in [2.45, 2.75) is 25.4 Å². The van der Waals surface area contributed by atoms with Gasteiger partial charge < -0.3 is 0 Å². The van der Waals surface area contributed by atoms with Gasteiger partial charge in [-0.3, -0.25) is 23.7 Å². The van der Waals surface area contributed by atoms with E-state index >= 15 is 0 Å². The molecular weight excluding hydrogens is 363 g/mol. The summed E-state index contributed by atoms with van der Waals surface area (Å²) in [6.45, 7) is 0. The molecule has 2 aromatic rings. The number of ketones is 3. The topological polar surface area (TPSA) is 73.2 Å². The Morgan fingerprint density at radius 3 is 2.07 bits per heavy atom. The van der Waals surface area contributed by atoms with Crippen molar-refractivity contribution >= 4 is 17.3 Å². The molecule has 1 aliphatic carbocycles. The van der Waals surface area contributed by atoms with Crippen LogP contribution in [0.15, 0.2) is 47.3 Å². The van der Waals surface area contributed by atoms with Gasteiger partial charge in [0.15, 0.2) is 17.3 Å². The molecule has 8 heteroatoms. The van der Waals surface area contributed by atoms with Gasteiger partial charge in [0.1, 0.15) is 11.6 Å². The van der Waals surface area contributed by atoms with Crippen LogP contribution in [0.25, 0.3) is 5.69 Å². The van der Waals surface area contributed by atoms with Crippen molar-refractivity contribution in [3.63, 3.8) is 0 Å². The van der Waals surface area contributed by atoms with Gasteiger partial charge in [0.25, 0.3) is 5.56 Å². The molecule has 0 amide bonds. The second kappa shape index (κ2) is 6.94. The number of nitrogens with zero attached hydrogens (tertiary/aromatic N) is 1. The van der Waals surface area contributed by atoms with Crippen LogP contribution in [0.2, 0.25) is 0 Å². The summed E-state index contributed by atoms with van der Waals surface area (Å²) in [7, 11) is 0. The lowest BCUT2D eigenvalue weighted by Crippen LogP contribution is -2.39. The van der Waals surface area contributed by atoms with Crippen LogP contribution in [0, 0.1) is 5.92 Å². The van der Waals surface area contributed by atoms with E-state index in [4.69, 9.17) is 0 Å². The second-order valence-corrected chi connectivity index (χ2v) is 6.19. The molecule has 1 aliphatic rings. The van der Waals surface area contributed by atoms with E-state index in [1.54, 1.807) is 6.07 Å². The molecule has 0 saturated heterocycles. The molecule has 1 aromatic heterocycles. The molecule has 1 aromatic carbocycles. The van der Waals surface area contributed by atoms with Crippen LogP contribution in [0.5, 0.6) is 0 Å². The van der Waals surface area contributed by atoms with E-state index in [9.17, 15) is 32.3 Å². The van der Waals surface area contributed by atoms with Crippen molar-refractivity contribution in [2.24, 2.45) is 5.92 Å². The van der Waals surface area contributed by atoms with E-state index in [0.717, 1.165) is 6.07 Å². The zero-order valence-corrected chi connectivity index (χ0v) is 14.0. The number of hydrogen-bond acceptors (Lipinski definition) is 4. The summed E-state index contributed by atoms with van der Waals surface area (Å²) >= 11 is 0. The number of para-hydroxylation sites is 1. The molecule has 5 nitrogen and oxygen atoms in total. The SMILES string of the molecule is O=C1CCCC(=O)C1C(=O)c1ccc(C(F)(F)F)n(-c2ccccc2)c1=O. The zero-order valence-electron chi connectivity index (χ0n) is 14.0. The highest BCUT2D eigenvalue weighted by atomic mass is 19.4. The van der Waals surface area contributed by atoms with E-state index < -0.39 is 46.3 Å². The summed E-state index contributed by atoms with van der Waals surface area (Å²) in [4.78, 5) is 49.4. The largest absolute Gasteiger partial charge is 0.431 e. The second-order valence-electron chi connectivity index (χ2n) is 6.19. The summed E-state index contributed by atoms with van der Waals surface area (Å²) in [5.74, 6) is -3.89. The Balaban J connectivity index is 2.19. The minimum Gasteiger partial charge on any atom is -0.298 e. The van der Waals surface area contributed by atoms with Crippen molar-refractivity contribution in [3.8, 4) is 5.69 Å². The molecule has 0 radical (unpaired) electrons. The smallest absolute Gasteiger partial charge is 0.298 e. The number of carbonyl (C=O) groups excluding carboxylic acids is 3. The summed E-state index contributed by atoms with van der Waals surface area (Å²) < 4.78 is 40.5. The first-order valence-electron chi connectivity index (χ1n) is 8.20. The predicted molar refractivity (Wildman–Crippen MR) is 88.7 cm³/mol. The van der Waals surface area contributed by atoms with Gasteiger partial charge in [0, 0.05) is 18.5 Å². The van der Waals surface area contributed by atoms with Crippen LogP contribution in [0.1, 0.15) is 35.3 Å². The molecule has 1 fully saturated rings. The predicted octanol–water partition coefficient (Wildman–Crippen LogP) is 2.98. The van der Waals surface area contributed by atoms with Crippen LogP contribution in [-0.4, -0.2) is 21.9 Å². The fourth-order valence-electron chi connectivity index (χ4n) is 3.13. The molecule has 0 unspecified atom stereocenters. The van der Waals surface area contributed by atoms with Gasteiger partial charge >= 0.3 is 6.18 Å². The lowest BCUT2D eigenvalue weighted by atomic mass is 9.82.